The molecule has 0 heterocycles. The van der Waals surface area contributed by atoms with Gasteiger partial charge in [0.2, 0.25) is 0 Å². The number of aromatic hydroxyl groups is 2. The van der Waals surface area contributed by atoms with Gasteiger partial charge in [0, 0.05) is 12.1 Å². The van der Waals surface area contributed by atoms with E-state index in [1.165, 1.54) is 39.9 Å². The van der Waals surface area contributed by atoms with E-state index in [2.05, 4.69) is 60.7 Å². The molecule has 1 aliphatic carbocycles. The second kappa shape index (κ2) is 10.5. The summed E-state index contributed by atoms with van der Waals surface area (Å²) in [6.45, 7) is 0. The molecule has 0 bridgehead atoms. The van der Waals surface area contributed by atoms with E-state index in [1.54, 1.807) is 24.3 Å². The van der Waals surface area contributed by atoms with Gasteiger partial charge in [-0.15, -0.1) is 0 Å². The maximum atomic E-state index is 9.73. The second-order valence-corrected chi connectivity index (χ2v) is 10.5. The van der Waals surface area contributed by atoms with Crippen LogP contribution in [0.15, 0.2) is 121 Å². The minimum atomic E-state index is 0.0265. The standard InChI is InChI=1S/C37H28N2O4/c38-33-20-27(13-17-35(33)40)42-25-9-5-22(6-10-25)30-15-16-31-29-4-2-1-3-24(29)19-32(31)37(30)23-7-11-26(12-8-23)43-28-14-18-36(41)34(39)21-28/h1-18,20-21,40-41H,19,38-39H2. The van der Waals surface area contributed by atoms with Crippen molar-refractivity contribution in [3.8, 4) is 67.9 Å². The maximum Gasteiger partial charge on any atom is 0.138 e. The molecule has 0 unspecified atom stereocenters. The third-order valence-electron chi connectivity index (χ3n) is 7.77. The first kappa shape index (κ1) is 26.0. The number of nitrogen functional groups attached to an aromatic ring is 2. The molecular weight excluding hydrogens is 536 g/mol. The van der Waals surface area contributed by atoms with Crippen molar-refractivity contribution in [3.05, 3.63) is 132 Å². The van der Waals surface area contributed by atoms with Crippen molar-refractivity contribution in [1.29, 1.82) is 0 Å². The Morgan fingerprint density at radius 3 is 1.58 bits per heavy atom. The van der Waals surface area contributed by atoms with Gasteiger partial charge >= 0.3 is 0 Å². The zero-order valence-corrected chi connectivity index (χ0v) is 23.1. The van der Waals surface area contributed by atoms with Crippen molar-refractivity contribution >= 4 is 11.4 Å². The van der Waals surface area contributed by atoms with Crippen LogP contribution >= 0.6 is 0 Å². The van der Waals surface area contributed by atoms with Crippen molar-refractivity contribution in [2.75, 3.05) is 11.5 Å². The summed E-state index contributed by atoms with van der Waals surface area (Å²) in [4.78, 5) is 0. The molecule has 0 spiro atoms. The van der Waals surface area contributed by atoms with Crippen LogP contribution in [0.3, 0.4) is 0 Å². The monoisotopic (exact) mass is 564 g/mol. The molecule has 0 atom stereocenters. The first-order valence-corrected chi connectivity index (χ1v) is 13.9. The maximum absolute atomic E-state index is 9.73. The molecule has 7 rings (SSSR count). The van der Waals surface area contributed by atoms with Gasteiger partial charge < -0.3 is 31.2 Å². The molecule has 43 heavy (non-hydrogen) atoms. The smallest absolute Gasteiger partial charge is 0.138 e. The summed E-state index contributed by atoms with van der Waals surface area (Å²) in [5.41, 5.74) is 21.8. The summed E-state index contributed by atoms with van der Waals surface area (Å²) in [5, 5.41) is 19.5. The number of nitrogens with two attached hydrogens (primary N) is 2. The summed E-state index contributed by atoms with van der Waals surface area (Å²) in [6, 6.07) is 38.6. The fourth-order valence-electron chi connectivity index (χ4n) is 5.64. The van der Waals surface area contributed by atoms with Crippen LogP contribution in [0.1, 0.15) is 11.1 Å². The predicted molar refractivity (Wildman–Crippen MR) is 171 cm³/mol. The van der Waals surface area contributed by atoms with Crippen molar-refractivity contribution in [2.45, 2.75) is 6.42 Å². The van der Waals surface area contributed by atoms with Crippen LogP contribution in [0.25, 0.3) is 33.4 Å². The molecule has 6 heteroatoms. The Labute approximate surface area is 249 Å². The third kappa shape index (κ3) is 4.96. The number of hydrogen-bond donors (Lipinski definition) is 4. The molecule has 6 aromatic carbocycles. The highest BCUT2D eigenvalue weighted by Gasteiger charge is 2.24. The second-order valence-electron chi connectivity index (χ2n) is 10.5. The minimum absolute atomic E-state index is 0.0265. The van der Waals surface area contributed by atoms with E-state index in [9.17, 15) is 10.2 Å². The Hall–Kier alpha value is -5.88. The highest BCUT2D eigenvalue weighted by Crippen LogP contribution is 2.46. The number of benzene rings is 6. The molecule has 6 N–H and O–H groups in total. The average molecular weight is 565 g/mol. The van der Waals surface area contributed by atoms with Gasteiger partial charge in [-0.3, -0.25) is 0 Å². The molecular formula is C37H28N2O4. The molecule has 1 aliphatic rings. The Morgan fingerprint density at radius 2 is 1.00 bits per heavy atom. The zero-order chi connectivity index (χ0) is 29.5. The Morgan fingerprint density at radius 1 is 0.488 bits per heavy atom. The normalized spacial score (nSPS) is 11.5. The quantitative estimate of drug-likeness (QED) is 0.119. The van der Waals surface area contributed by atoms with Crippen LogP contribution in [-0.2, 0) is 6.42 Å². The van der Waals surface area contributed by atoms with Gasteiger partial charge in [0.25, 0.3) is 0 Å². The number of phenols is 2. The molecule has 6 nitrogen and oxygen atoms in total. The van der Waals surface area contributed by atoms with Crippen LogP contribution in [0.4, 0.5) is 11.4 Å². The number of hydrogen-bond acceptors (Lipinski definition) is 6. The largest absolute Gasteiger partial charge is 0.506 e. The van der Waals surface area contributed by atoms with Crippen LogP contribution < -0.4 is 20.9 Å². The molecule has 0 saturated carbocycles. The first-order valence-electron chi connectivity index (χ1n) is 13.9. The molecule has 6 aromatic rings. The predicted octanol–water partition coefficient (Wildman–Crippen LogP) is 8.75. The highest BCUT2D eigenvalue weighted by molar-refractivity contribution is 5.93. The zero-order valence-electron chi connectivity index (χ0n) is 23.1. The number of phenolic OH excluding ortho intramolecular Hbond substituents is 2. The van der Waals surface area contributed by atoms with Crippen molar-refractivity contribution in [2.24, 2.45) is 0 Å². The van der Waals surface area contributed by atoms with Crippen LogP contribution in [0.2, 0.25) is 0 Å². The van der Waals surface area contributed by atoms with E-state index in [0.29, 0.717) is 23.0 Å². The molecule has 0 saturated heterocycles. The molecule has 0 fully saturated rings. The van der Waals surface area contributed by atoms with E-state index >= 15 is 0 Å². The van der Waals surface area contributed by atoms with E-state index < -0.39 is 0 Å². The third-order valence-corrected chi connectivity index (χ3v) is 7.77. The average Bonchev–Trinajstić information content (AvgIpc) is 3.40. The fraction of sp³-hybridized carbons (Fsp3) is 0.0270. The molecule has 0 aromatic heterocycles. The summed E-state index contributed by atoms with van der Waals surface area (Å²) in [5.74, 6) is 2.49. The summed E-state index contributed by atoms with van der Waals surface area (Å²) in [7, 11) is 0. The van der Waals surface area contributed by atoms with Gasteiger partial charge in [-0.25, -0.2) is 0 Å². The Balaban J connectivity index is 1.25. The molecule has 0 amide bonds. The lowest BCUT2D eigenvalue weighted by molar-refractivity contribution is 0.467. The Kier molecular flexibility index (Phi) is 6.36. The summed E-state index contributed by atoms with van der Waals surface area (Å²) >= 11 is 0. The number of rotatable bonds is 6. The van der Waals surface area contributed by atoms with Crippen LogP contribution in [-0.4, -0.2) is 10.2 Å². The topological polar surface area (TPSA) is 111 Å². The van der Waals surface area contributed by atoms with Crippen molar-refractivity contribution < 1.29 is 19.7 Å². The highest BCUT2D eigenvalue weighted by atomic mass is 16.5. The number of ether oxygens (including phenoxy) is 2. The lowest BCUT2D eigenvalue weighted by atomic mass is 9.88. The number of anilines is 2. The SMILES string of the molecule is Nc1cc(Oc2ccc(-c3ccc4c(c3-c3ccc(Oc5ccc(O)c(N)c5)cc3)Cc3ccccc3-4)cc2)ccc1O. The van der Waals surface area contributed by atoms with Crippen molar-refractivity contribution in [3.63, 3.8) is 0 Å². The van der Waals surface area contributed by atoms with E-state index in [0.717, 1.165) is 23.1 Å². The first-order chi connectivity index (χ1) is 20.9. The van der Waals surface area contributed by atoms with Gasteiger partial charge in [0.15, 0.2) is 0 Å². The fourth-order valence-corrected chi connectivity index (χ4v) is 5.64. The van der Waals surface area contributed by atoms with E-state index in [1.807, 2.05) is 24.3 Å². The van der Waals surface area contributed by atoms with Gasteiger partial charge in [0.1, 0.15) is 34.5 Å². The van der Waals surface area contributed by atoms with Crippen molar-refractivity contribution in [1.82, 2.24) is 0 Å². The summed E-state index contributed by atoms with van der Waals surface area (Å²) in [6.07, 6.45) is 0.850. The van der Waals surface area contributed by atoms with Crippen LogP contribution in [0, 0.1) is 0 Å². The minimum Gasteiger partial charge on any atom is -0.506 e. The molecule has 210 valence electrons. The summed E-state index contributed by atoms with van der Waals surface area (Å²) < 4.78 is 12.0. The number of fused-ring (bicyclic) bond motifs is 3. The van der Waals surface area contributed by atoms with Gasteiger partial charge in [-0.2, -0.15) is 0 Å². The van der Waals surface area contributed by atoms with E-state index in [4.69, 9.17) is 20.9 Å². The molecule has 0 radical (unpaired) electrons. The van der Waals surface area contributed by atoms with Gasteiger partial charge in [0.05, 0.1) is 11.4 Å². The van der Waals surface area contributed by atoms with Crippen LogP contribution in [0.5, 0.6) is 34.5 Å². The lowest BCUT2D eigenvalue weighted by Crippen LogP contribution is -1.94. The Bertz CT molecular complexity index is 1980. The lowest BCUT2D eigenvalue weighted by Gasteiger charge is -2.17. The van der Waals surface area contributed by atoms with Gasteiger partial charge in [-0.05, 0) is 99.5 Å². The molecule has 0 aliphatic heterocycles. The van der Waals surface area contributed by atoms with Gasteiger partial charge in [-0.1, -0.05) is 60.7 Å². The van der Waals surface area contributed by atoms with E-state index in [-0.39, 0.29) is 22.9 Å².